The van der Waals surface area contributed by atoms with Gasteiger partial charge in [-0.05, 0) is 74.1 Å². The van der Waals surface area contributed by atoms with E-state index in [1.165, 1.54) is 47.7 Å². The average Bonchev–Trinajstić information content (AvgIpc) is 3.45. The Morgan fingerprint density at radius 3 is 2.27 bits per heavy atom. The standard InChI is InChI=1S/C29H36N2O.C5H8O2.C3H8.C2H6/c1-3-7-23-8-6-9-25(20-23)26-13-12-24(21-26)22-31-19-16-29(14-17-30(2)18-15-29)32-28-11-5-4-10-27(28)31;1-5(7)3-2-4-6;1-3-2;1-2/h4-6,8-13,20H,3,7,14-19,21-22H2,1-2H3;4H,2-3H2,1H3;3H2,1-2H3;1-2H3. The van der Waals surface area contributed by atoms with Crippen molar-refractivity contribution in [1.29, 1.82) is 0 Å². The summed E-state index contributed by atoms with van der Waals surface area (Å²) in [5.41, 5.74) is 7.01. The lowest BCUT2D eigenvalue weighted by Gasteiger charge is -2.40. The summed E-state index contributed by atoms with van der Waals surface area (Å²) in [4.78, 5) is 24.6. The third-order valence-electron chi connectivity index (χ3n) is 8.05. The second-order valence-electron chi connectivity index (χ2n) is 12.0. The molecular weight excluding hydrogens is 544 g/mol. The Morgan fingerprint density at radius 1 is 0.955 bits per heavy atom. The van der Waals surface area contributed by atoms with Gasteiger partial charge in [-0.25, -0.2) is 0 Å². The lowest BCUT2D eigenvalue weighted by Crippen LogP contribution is -2.47. The van der Waals surface area contributed by atoms with Crippen molar-refractivity contribution in [2.45, 2.75) is 105 Å². The monoisotopic (exact) mass is 602 g/mol. The number of ether oxygens (including phenoxy) is 1. The molecule has 1 aliphatic carbocycles. The van der Waals surface area contributed by atoms with Crippen LogP contribution in [0.1, 0.15) is 104 Å². The summed E-state index contributed by atoms with van der Waals surface area (Å²) in [5, 5.41) is 0. The fraction of sp³-hybridized carbons (Fsp3) is 0.538. The minimum Gasteiger partial charge on any atom is -0.485 e. The van der Waals surface area contributed by atoms with Crippen molar-refractivity contribution in [3.8, 4) is 5.75 Å². The van der Waals surface area contributed by atoms with Crippen LogP contribution in [0, 0.1) is 0 Å². The number of ketones is 1. The first kappa shape index (κ1) is 37.0. The third kappa shape index (κ3) is 11.7. The van der Waals surface area contributed by atoms with Crippen molar-refractivity contribution >= 4 is 23.3 Å². The third-order valence-corrected chi connectivity index (χ3v) is 8.05. The Kier molecular flexibility index (Phi) is 16.8. The van der Waals surface area contributed by atoms with E-state index in [4.69, 9.17) is 4.74 Å². The number of aldehydes is 1. The number of Topliss-reactive ketones (excluding diaryl/α,β-unsaturated/α-hetero) is 1. The van der Waals surface area contributed by atoms with Gasteiger partial charge in [0.1, 0.15) is 23.4 Å². The van der Waals surface area contributed by atoms with Gasteiger partial charge in [-0.1, -0.05) is 96.0 Å². The van der Waals surface area contributed by atoms with Crippen LogP contribution in [-0.2, 0) is 16.0 Å². The van der Waals surface area contributed by atoms with Crippen LogP contribution in [-0.4, -0.2) is 55.8 Å². The molecule has 5 rings (SSSR count). The number of likely N-dealkylation sites (tertiary alicyclic amines) is 1. The van der Waals surface area contributed by atoms with E-state index in [9.17, 15) is 9.59 Å². The number of carbonyl (C=O) groups excluding carboxylic acids is 2. The smallest absolute Gasteiger partial charge is 0.143 e. The molecule has 5 nitrogen and oxygen atoms in total. The maximum atomic E-state index is 10.0. The lowest BCUT2D eigenvalue weighted by atomic mass is 9.88. The number of nitrogens with zero attached hydrogens (tertiary/aromatic N) is 2. The molecule has 3 aliphatic rings. The SMILES string of the molecule is CC.CC(=O)CCC=O.CCC.CCCc1cccc(C2=CC=C(CN3CCC4(CCN(C)CC4)Oc4ccccc43)C2)c1. The molecule has 5 heteroatoms. The first-order valence-corrected chi connectivity index (χ1v) is 17.0. The summed E-state index contributed by atoms with van der Waals surface area (Å²) in [6.45, 7) is 16.3. The maximum absolute atomic E-state index is 10.0. The van der Waals surface area contributed by atoms with Crippen molar-refractivity contribution in [1.82, 2.24) is 4.90 Å². The molecule has 0 saturated carbocycles. The van der Waals surface area contributed by atoms with Gasteiger partial charge in [-0.3, -0.25) is 0 Å². The number of anilines is 1. The van der Waals surface area contributed by atoms with Crippen molar-refractivity contribution in [2.75, 3.05) is 38.1 Å². The van der Waals surface area contributed by atoms with Crippen molar-refractivity contribution in [3.05, 3.63) is 77.4 Å². The van der Waals surface area contributed by atoms with Crippen LogP contribution in [0.25, 0.3) is 5.57 Å². The fourth-order valence-electron chi connectivity index (χ4n) is 5.70. The van der Waals surface area contributed by atoms with Gasteiger partial charge in [0.2, 0.25) is 0 Å². The molecule has 2 aromatic carbocycles. The summed E-state index contributed by atoms with van der Waals surface area (Å²) in [6.07, 6.45) is 14.2. The molecule has 0 radical (unpaired) electrons. The molecule has 44 heavy (non-hydrogen) atoms. The Morgan fingerprint density at radius 2 is 1.64 bits per heavy atom. The second-order valence-corrected chi connectivity index (χ2v) is 12.0. The molecule has 0 aromatic heterocycles. The number of hydrogen-bond donors (Lipinski definition) is 0. The number of para-hydroxylation sites is 2. The Bertz CT molecular complexity index is 1210. The normalized spacial score (nSPS) is 16.7. The van der Waals surface area contributed by atoms with Crippen LogP contribution >= 0.6 is 0 Å². The molecule has 1 fully saturated rings. The van der Waals surface area contributed by atoms with Crippen molar-refractivity contribution < 1.29 is 14.3 Å². The molecule has 0 unspecified atom stereocenters. The van der Waals surface area contributed by atoms with E-state index < -0.39 is 0 Å². The van der Waals surface area contributed by atoms with Gasteiger partial charge in [-0.2, -0.15) is 0 Å². The van der Waals surface area contributed by atoms with E-state index in [-0.39, 0.29) is 11.4 Å². The Balaban J connectivity index is 0.000000485. The van der Waals surface area contributed by atoms with Gasteiger partial charge in [0.05, 0.1) is 5.69 Å². The number of piperidine rings is 1. The first-order valence-electron chi connectivity index (χ1n) is 17.0. The highest BCUT2D eigenvalue weighted by molar-refractivity contribution is 5.77. The van der Waals surface area contributed by atoms with E-state index in [0.29, 0.717) is 12.8 Å². The minimum absolute atomic E-state index is 0.00938. The molecule has 0 amide bonds. The van der Waals surface area contributed by atoms with Crippen LogP contribution in [0.4, 0.5) is 5.69 Å². The fourth-order valence-corrected chi connectivity index (χ4v) is 5.70. The van der Waals surface area contributed by atoms with Crippen LogP contribution in [0.2, 0.25) is 0 Å². The molecule has 2 heterocycles. The number of carbonyl (C=O) groups is 2. The van der Waals surface area contributed by atoms with Gasteiger partial charge in [0, 0.05) is 45.4 Å². The Labute approximate surface area is 268 Å². The molecule has 1 saturated heterocycles. The van der Waals surface area contributed by atoms with Gasteiger partial charge in [-0.15, -0.1) is 0 Å². The summed E-state index contributed by atoms with van der Waals surface area (Å²) < 4.78 is 6.75. The largest absolute Gasteiger partial charge is 0.485 e. The summed E-state index contributed by atoms with van der Waals surface area (Å²) in [6, 6.07) is 17.8. The minimum atomic E-state index is -0.00938. The van der Waals surface area contributed by atoms with Crippen LogP contribution in [0.3, 0.4) is 0 Å². The number of benzene rings is 2. The predicted octanol–water partition coefficient (Wildman–Crippen LogP) is 9.10. The number of hydrogen-bond acceptors (Lipinski definition) is 5. The van der Waals surface area contributed by atoms with Gasteiger partial charge in [0.15, 0.2) is 0 Å². The zero-order chi connectivity index (χ0) is 32.4. The highest BCUT2D eigenvalue weighted by Crippen LogP contribution is 2.41. The predicted molar refractivity (Wildman–Crippen MR) is 188 cm³/mol. The Hall–Kier alpha value is -3.18. The maximum Gasteiger partial charge on any atom is 0.143 e. The first-order chi connectivity index (χ1) is 21.3. The summed E-state index contributed by atoms with van der Waals surface area (Å²) >= 11 is 0. The molecule has 2 aromatic rings. The molecule has 0 bridgehead atoms. The van der Waals surface area contributed by atoms with Crippen molar-refractivity contribution in [2.24, 2.45) is 0 Å². The van der Waals surface area contributed by atoms with E-state index in [0.717, 1.165) is 70.3 Å². The van der Waals surface area contributed by atoms with E-state index in [2.05, 4.69) is 98.3 Å². The van der Waals surface area contributed by atoms with Gasteiger partial charge >= 0.3 is 0 Å². The molecule has 2 aliphatic heterocycles. The van der Waals surface area contributed by atoms with E-state index in [1.807, 2.05) is 13.8 Å². The quantitative estimate of drug-likeness (QED) is 0.282. The van der Waals surface area contributed by atoms with Crippen LogP contribution in [0.5, 0.6) is 5.75 Å². The zero-order valence-electron chi connectivity index (χ0n) is 28.7. The van der Waals surface area contributed by atoms with Crippen molar-refractivity contribution in [3.63, 3.8) is 0 Å². The number of aryl methyl sites for hydroxylation is 1. The van der Waals surface area contributed by atoms with Crippen LogP contribution in [0.15, 0.2) is 66.3 Å². The average molecular weight is 603 g/mol. The van der Waals surface area contributed by atoms with Crippen LogP contribution < -0.4 is 9.64 Å². The number of rotatable bonds is 8. The second kappa shape index (κ2) is 20.0. The number of allylic oxidation sites excluding steroid dienone is 3. The lowest BCUT2D eigenvalue weighted by molar-refractivity contribution is -0.118. The van der Waals surface area contributed by atoms with Gasteiger partial charge < -0.3 is 24.1 Å². The summed E-state index contributed by atoms with van der Waals surface area (Å²) in [5.74, 6) is 1.14. The topological polar surface area (TPSA) is 49.9 Å². The highest BCUT2D eigenvalue weighted by Gasteiger charge is 2.39. The zero-order valence-corrected chi connectivity index (χ0v) is 28.7. The molecule has 242 valence electrons. The molecular formula is C39H58N2O3. The molecule has 0 N–H and O–H groups in total. The number of fused-ring (bicyclic) bond motifs is 1. The van der Waals surface area contributed by atoms with E-state index >= 15 is 0 Å². The van der Waals surface area contributed by atoms with Gasteiger partial charge in [0.25, 0.3) is 0 Å². The molecule has 0 atom stereocenters. The highest BCUT2D eigenvalue weighted by atomic mass is 16.5. The molecule has 1 spiro atoms. The summed E-state index contributed by atoms with van der Waals surface area (Å²) in [7, 11) is 2.22. The van der Waals surface area contributed by atoms with E-state index in [1.54, 1.807) is 0 Å².